The van der Waals surface area contributed by atoms with E-state index in [2.05, 4.69) is 9.97 Å². The molecule has 0 fully saturated rings. The lowest BCUT2D eigenvalue weighted by atomic mass is 10.00. The fraction of sp³-hybridized carbons (Fsp3) is 0.188. The Hall–Kier alpha value is -2.56. The van der Waals surface area contributed by atoms with Crippen molar-refractivity contribution < 1.29 is 9.50 Å². The predicted molar refractivity (Wildman–Crippen MR) is 84.2 cm³/mol. The van der Waals surface area contributed by atoms with Crippen molar-refractivity contribution in [2.45, 2.75) is 19.6 Å². The summed E-state index contributed by atoms with van der Waals surface area (Å²) < 4.78 is 15.3. The van der Waals surface area contributed by atoms with Gasteiger partial charge in [-0.1, -0.05) is 0 Å². The minimum absolute atomic E-state index is 0.350. The van der Waals surface area contributed by atoms with Crippen molar-refractivity contribution in [2.75, 3.05) is 0 Å². The number of aliphatic hydroxyl groups is 1. The van der Waals surface area contributed by atoms with Gasteiger partial charge in [0, 0.05) is 11.8 Å². The summed E-state index contributed by atoms with van der Waals surface area (Å²) in [5.41, 5.74) is 3.97. The molecule has 116 valence electrons. The average Bonchev–Trinajstić information content (AvgIpc) is 3.17. The van der Waals surface area contributed by atoms with E-state index >= 15 is 0 Å². The summed E-state index contributed by atoms with van der Waals surface area (Å²) in [5.74, 6) is -0.394. The van der Waals surface area contributed by atoms with Crippen molar-refractivity contribution in [1.82, 2.24) is 14.5 Å². The molecule has 3 rings (SSSR count). The van der Waals surface area contributed by atoms with E-state index < -0.39 is 11.9 Å². The third-order valence-corrected chi connectivity index (χ3v) is 4.25. The van der Waals surface area contributed by atoms with Crippen LogP contribution < -0.4 is 0 Å². The van der Waals surface area contributed by atoms with Crippen molar-refractivity contribution >= 4 is 11.3 Å². The molecule has 23 heavy (non-hydrogen) atoms. The minimum Gasteiger partial charge on any atom is -0.389 e. The number of hydrogen-bond donors (Lipinski definition) is 1. The number of halogens is 1. The van der Waals surface area contributed by atoms with Crippen LogP contribution in [0.5, 0.6) is 0 Å². The van der Waals surface area contributed by atoms with Gasteiger partial charge in [0.1, 0.15) is 11.9 Å². The maximum absolute atomic E-state index is 13.5. The second-order valence-electron chi connectivity index (χ2n) is 5.07. The number of nitriles is 1. The highest BCUT2D eigenvalue weighted by atomic mass is 32.1. The Balaban J connectivity index is 2.00. The Kier molecular flexibility index (Phi) is 4.19. The smallest absolute Gasteiger partial charge is 0.158 e. The summed E-state index contributed by atoms with van der Waals surface area (Å²) in [5, 5.41) is 18.7. The molecular weight excluding hydrogens is 315 g/mol. The van der Waals surface area contributed by atoms with Gasteiger partial charge in [0.15, 0.2) is 5.69 Å². The fourth-order valence-electron chi connectivity index (χ4n) is 2.37. The molecule has 0 aliphatic heterocycles. The molecule has 2 aromatic heterocycles. The van der Waals surface area contributed by atoms with Crippen LogP contribution in [-0.2, 0) is 6.54 Å². The van der Waals surface area contributed by atoms with E-state index in [-0.39, 0.29) is 0 Å². The first-order valence-corrected chi connectivity index (χ1v) is 7.78. The molecule has 7 heteroatoms. The van der Waals surface area contributed by atoms with Gasteiger partial charge in [0.25, 0.3) is 0 Å². The van der Waals surface area contributed by atoms with Crippen LogP contribution in [0.4, 0.5) is 4.39 Å². The molecule has 0 bridgehead atoms. The van der Waals surface area contributed by atoms with Crippen molar-refractivity contribution in [2.24, 2.45) is 0 Å². The van der Waals surface area contributed by atoms with Crippen molar-refractivity contribution in [3.05, 3.63) is 58.2 Å². The van der Waals surface area contributed by atoms with E-state index in [0.717, 1.165) is 4.88 Å². The van der Waals surface area contributed by atoms with Gasteiger partial charge in [-0.2, -0.15) is 5.26 Å². The molecule has 0 aliphatic carbocycles. The third-order valence-electron chi connectivity index (χ3n) is 3.43. The Morgan fingerprint density at radius 1 is 1.43 bits per heavy atom. The molecule has 1 atom stereocenters. The van der Waals surface area contributed by atoms with Gasteiger partial charge in [-0.15, -0.1) is 11.3 Å². The van der Waals surface area contributed by atoms with Gasteiger partial charge < -0.3 is 9.67 Å². The van der Waals surface area contributed by atoms with Gasteiger partial charge in [-0.25, -0.2) is 14.4 Å². The zero-order valence-corrected chi connectivity index (χ0v) is 13.1. The van der Waals surface area contributed by atoms with Crippen LogP contribution in [0.3, 0.4) is 0 Å². The molecule has 3 aromatic rings. The number of thiazole rings is 1. The number of imidazole rings is 1. The third kappa shape index (κ3) is 3.13. The van der Waals surface area contributed by atoms with Crippen LogP contribution >= 0.6 is 11.3 Å². The lowest BCUT2D eigenvalue weighted by Gasteiger charge is -2.12. The zero-order chi connectivity index (χ0) is 16.4. The van der Waals surface area contributed by atoms with Gasteiger partial charge in [-0.3, -0.25) is 0 Å². The van der Waals surface area contributed by atoms with Crippen LogP contribution in [0.15, 0.2) is 36.2 Å². The van der Waals surface area contributed by atoms with E-state index in [9.17, 15) is 9.50 Å². The van der Waals surface area contributed by atoms with Crippen LogP contribution in [-0.4, -0.2) is 19.6 Å². The standard InChI is InChI=1S/C16H13FN4OS/c1-10(22)14-4-11(17)2-3-13(14)16-15(23-9-20-16)7-21-6-12(5-18)19-8-21/h2-4,6,8-10,22H,7H2,1H3. The number of aromatic nitrogens is 3. The molecule has 0 radical (unpaired) electrons. The molecule has 1 unspecified atom stereocenters. The second kappa shape index (κ2) is 6.28. The molecule has 1 aromatic carbocycles. The van der Waals surface area contributed by atoms with Crippen LogP contribution in [0, 0.1) is 17.1 Å². The highest BCUT2D eigenvalue weighted by Crippen LogP contribution is 2.32. The SMILES string of the molecule is CC(O)c1cc(F)ccc1-c1ncsc1Cn1cnc(C#N)c1. The first kappa shape index (κ1) is 15.3. The Labute approximate surface area is 136 Å². The van der Waals surface area contributed by atoms with Crippen LogP contribution in [0.1, 0.15) is 29.2 Å². The molecule has 0 saturated heterocycles. The second-order valence-corrected chi connectivity index (χ2v) is 6.01. The molecule has 2 heterocycles. The maximum atomic E-state index is 13.5. The quantitative estimate of drug-likeness (QED) is 0.798. The Bertz CT molecular complexity index is 878. The minimum atomic E-state index is -0.798. The van der Waals surface area contributed by atoms with E-state index in [0.29, 0.717) is 29.1 Å². The monoisotopic (exact) mass is 328 g/mol. The first-order chi connectivity index (χ1) is 11.1. The van der Waals surface area contributed by atoms with Gasteiger partial charge in [-0.05, 0) is 30.7 Å². The normalized spacial score (nSPS) is 12.1. The molecule has 0 spiro atoms. The lowest BCUT2D eigenvalue weighted by molar-refractivity contribution is 0.199. The number of nitrogens with zero attached hydrogens (tertiary/aromatic N) is 4. The lowest BCUT2D eigenvalue weighted by Crippen LogP contribution is -2.00. The molecule has 0 amide bonds. The largest absolute Gasteiger partial charge is 0.389 e. The van der Waals surface area contributed by atoms with Crippen molar-refractivity contribution in [3.63, 3.8) is 0 Å². The number of benzene rings is 1. The van der Waals surface area contributed by atoms with Crippen LogP contribution in [0.2, 0.25) is 0 Å². The molecular formula is C16H13FN4OS. The molecule has 5 nitrogen and oxygen atoms in total. The van der Waals surface area contributed by atoms with E-state index in [1.54, 1.807) is 35.6 Å². The average molecular weight is 328 g/mol. The highest BCUT2D eigenvalue weighted by molar-refractivity contribution is 7.10. The summed E-state index contributed by atoms with van der Waals surface area (Å²) in [6.45, 7) is 2.10. The number of rotatable bonds is 4. The summed E-state index contributed by atoms with van der Waals surface area (Å²) in [6, 6.07) is 6.30. The van der Waals surface area contributed by atoms with Gasteiger partial charge >= 0.3 is 0 Å². The Morgan fingerprint density at radius 2 is 2.26 bits per heavy atom. The maximum Gasteiger partial charge on any atom is 0.158 e. The van der Waals surface area contributed by atoms with E-state index in [4.69, 9.17) is 5.26 Å². The molecule has 0 saturated carbocycles. The summed E-state index contributed by atoms with van der Waals surface area (Å²) in [7, 11) is 0. The summed E-state index contributed by atoms with van der Waals surface area (Å²) in [6.07, 6.45) is 2.44. The number of hydrogen-bond acceptors (Lipinski definition) is 5. The van der Waals surface area contributed by atoms with Gasteiger partial charge in [0.05, 0.1) is 35.1 Å². The topological polar surface area (TPSA) is 74.7 Å². The molecule has 0 aliphatic rings. The zero-order valence-electron chi connectivity index (χ0n) is 12.3. The summed E-state index contributed by atoms with van der Waals surface area (Å²) >= 11 is 1.46. The van der Waals surface area contributed by atoms with Crippen LogP contribution in [0.25, 0.3) is 11.3 Å². The molecule has 1 N–H and O–H groups in total. The summed E-state index contributed by atoms with van der Waals surface area (Å²) in [4.78, 5) is 9.28. The predicted octanol–water partition coefficient (Wildman–Crippen LogP) is 3.12. The highest BCUT2D eigenvalue weighted by Gasteiger charge is 2.16. The first-order valence-electron chi connectivity index (χ1n) is 6.90. The van der Waals surface area contributed by atoms with Gasteiger partial charge in [0.2, 0.25) is 0 Å². The van der Waals surface area contributed by atoms with Crippen molar-refractivity contribution in [3.8, 4) is 17.3 Å². The Morgan fingerprint density at radius 3 is 2.96 bits per heavy atom. The fourth-order valence-corrected chi connectivity index (χ4v) is 3.15. The van der Waals surface area contributed by atoms with Crippen molar-refractivity contribution in [1.29, 1.82) is 5.26 Å². The van der Waals surface area contributed by atoms with E-state index in [1.165, 1.54) is 23.5 Å². The van der Waals surface area contributed by atoms with E-state index in [1.807, 2.05) is 6.07 Å². The number of aliphatic hydroxyl groups excluding tert-OH is 1.